The van der Waals surface area contributed by atoms with Crippen molar-refractivity contribution < 1.29 is 13.2 Å². The molecule has 6 nitrogen and oxygen atoms in total. The molecule has 1 aromatic rings. The number of benzene rings is 1. The van der Waals surface area contributed by atoms with Crippen molar-refractivity contribution in [3.05, 3.63) is 18.2 Å². The summed E-state index contributed by atoms with van der Waals surface area (Å²) in [6.07, 6.45) is 0.204. The Hall–Kier alpha value is -1.94. The maximum atomic E-state index is 11.9. The van der Waals surface area contributed by atoms with Gasteiger partial charge in [-0.3, -0.25) is 4.72 Å². The molecule has 1 rings (SSSR count). The first-order valence-corrected chi connectivity index (χ1v) is 6.84. The third-order valence-corrected chi connectivity index (χ3v) is 4.09. The quantitative estimate of drug-likeness (QED) is 0.784. The van der Waals surface area contributed by atoms with E-state index in [2.05, 4.69) is 4.72 Å². The van der Waals surface area contributed by atoms with E-state index in [4.69, 9.17) is 15.7 Å². The molecule has 0 spiro atoms. The molecule has 0 heterocycles. The van der Waals surface area contributed by atoms with Crippen LogP contribution in [0, 0.1) is 11.3 Å². The van der Waals surface area contributed by atoms with Gasteiger partial charge >= 0.3 is 0 Å². The molecule has 1 aromatic carbocycles. The smallest absolute Gasteiger partial charge is 0.249 e. The van der Waals surface area contributed by atoms with Crippen LogP contribution in [0.25, 0.3) is 0 Å². The van der Waals surface area contributed by atoms with E-state index < -0.39 is 15.3 Å². The summed E-state index contributed by atoms with van der Waals surface area (Å²) >= 11 is 0. The lowest BCUT2D eigenvalue weighted by molar-refractivity contribution is 0.415. The van der Waals surface area contributed by atoms with E-state index in [9.17, 15) is 8.42 Å². The Labute approximate surface area is 106 Å². The fourth-order valence-corrected chi connectivity index (χ4v) is 2.56. The van der Waals surface area contributed by atoms with Crippen LogP contribution in [0.1, 0.15) is 13.3 Å². The average Bonchev–Trinajstić information content (AvgIpc) is 2.33. The first-order chi connectivity index (χ1) is 8.44. The molecule has 0 saturated heterocycles. The minimum Gasteiger partial charge on any atom is -0.497 e. The molecule has 0 aliphatic carbocycles. The molecule has 0 radical (unpaired) electrons. The van der Waals surface area contributed by atoms with E-state index in [1.807, 2.05) is 0 Å². The van der Waals surface area contributed by atoms with Crippen LogP contribution >= 0.6 is 0 Å². The zero-order chi connectivity index (χ0) is 13.8. The van der Waals surface area contributed by atoms with Crippen molar-refractivity contribution >= 4 is 21.4 Å². The van der Waals surface area contributed by atoms with Gasteiger partial charge in [-0.15, -0.1) is 0 Å². The van der Waals surface area contributed by atoms with E-state index in [1.54, 1.807) is 19.1 Å². The number of hydrogen-bond donors (Lipinski definition) is 2. The van der Waals surface area contributed by atoms with E-state index in [0.29, 0.717) is 5.75 Å². The van der Waals surface area contributed by atoms with Gasteiger partial charge in [0, 0.05) is 6.07 Å². The third-order valence-electron chi connectivity index (χ3n) is 2.40. The topological polar surface area (TPSA) is 105 Å². The molecule has 0 amide bonds. The van der Waals surface area contributed by atoms with E-state index in [0.717, 1.165) is 0 Å². The molecule has 0 aromatic heterocycles. The Morgan fingerprint density at radius 1 is 1.56 bits per heavy atom. The molecule has 1 unspecified atom stereocenters. The molecule has 0 saturated carbocycles. The molecule has 0 fully saturated rings. The molecule has 7 heteroatoms. The lowest BCUT2D eigenvalue weighted by Gasteiger charge is -2.13. The number of ether oxygens (including phenoxy) is 1. The molecule has 1 atom stereocenters. The second kappa shape index (κ2) is 5.60. The summed E-state index contributed by atoms with van der Waals surface area (Å²) in [6, 6.07) is 6.36. The highest BCUT2D eigenvalue weighted by Crippen LogP contribution is 2.26. The van der Waals surface area contributed by atoms with Gasteiger partial charge in [0.15, 0.2) is 5.25 Å². The lowest BCUT2D eigenvalue weighted by atomic mass is 10.2. The first kappa shape index (κ1) is 14.1. The molecular weight excluding hydrogens is 254 g/mol. The van der Waals surface area contributed by atoms with Crippen LogP contribution in [0.4, 0.5) is 11.4 Å². The Balaban J connectivity index is 3.08. The largest absolute Gasteiger partial charge is 0.497 e. The van der Waals surface area contributed by atoms with Gasteiger partial charge in [-0.05, 0) is 18.6 Å². The Morgan fingerprint density at radius 2 is 2.22 bits per heavy atom. The van der Waals surface area contributed by atoms with E-state index >= 15 is 0 Å². The van der Waals surface area contributed by atoms with E-state index in [-0.39, 0.29) is 17.8 Å². The normalized spacial score (nSPS) is 12.5. The number of nitrogens with one attached hydrogen (secondary N) is 1. The Morgan fingerprint density at radius 3 is 2.72 bits per heavy atom. The number of rotatable bonds is 5. The minimum atomic E-state index is -3.77. The van der Waals surface area contributed by atoms with Crippen molar-refractivity contribution in [2.75, 3.05) is 17.6 Å². The third kappa shape index (κ3) is 3.05. The van der Waals surface area contributed by atoms with Gasteiger partial charge < -0.3 is 10.5 Å². The van der Waals surface area contributed by atoms with Crippen molar-refractivity contribution in [1.82, 2.24) is 0 Å². The molecule has 98 valence electrons. The summed E-state index contributed by atoms with van der Waals surface area (Å²) < 4.78 is 31.1. The van der Waals surface area contributed by atoms with Crippen LogP contribution in [0.5, 0.6) is 5.75 Å². The van der Waals surface area contributed by atoms with Crippen LogP contribution in [0.15, 0.2) is 18.2 Å². The summed E-state index contributed by atoms with van der Waals surface area (Å²) in [4.78, 5) is 0. The first-order valence-electron chi connectivity index (χ1n) is 5.29. The number of nitrogens with two attached hydrogens (primary N) is 1. The fourth-order valence-electron chi connectivity index (χ4n) is 1.36. The van der Waals surface area contributed by atoms with Crippen molar-refractivity contribution in [3.63, 3.8) is 0 Å². The van der Waals surface area contributed by atoms with Crippen LogP contribution in [0.2, 0.25) is 0 Å². The molecule has 0 aliphatic heterocycles. The van der Waals surface area contributed by atoms with Crippen LogP contribution in [-0.4, -0.2) is 20.8 Å². The lowest BCUT2D eigenvalue weighted by Crippen LogP contribution is -2.26. The predicted molar refractivity (Wildman–Crippen MR) is 69.6 cm³/mol. The number of nitrogens with zero attached hydrogens (tertiary/aromatic N) is 1. The van der Waals surface area contributed by atoms with Crippen LogP contribution in [0.3, 0.4) is 0 Å². The summed E-state index contributed by atoms with van der Waals surface area (Å²) in [6.45, 7) is 1.63. The molecule has 0 bridgehead atoms. The highest BCUT2D eigenvalue weighted by Gasteiger charge is 2.24. The summed E-state index contributed by atoms with van der Waals surface area (Å²) in [5.41, 5.74) is 6.15. The number of hydrogen-bond acceptors (Lipinski definition) is 5. The average molecular weight is 269 g/mol. The zero-order valence-corrected chi connectivity index (χ0v) is 11.0. The molecule has 3 N–H and O–H groups in total. The second-order valence-electron chi connectivity index (χ2n) is 3.63. The predicted octanol–water partition coefficient (Wildman–Crippen LogP) is 1.32. The van der Waals surface area contributed by atoms with Crippen molar-refractivity contribution in [2.45, 2.75) is 18.6 Å². The van der Waals surface area contributed by atoms with Gasteiger partial charge in [0.05, 0.1) is 24.6 Å². The van der Waals surface area contributed by atoms with Crippen molar-refractivity contribution in [1.29, 1.82) is 5.26 Å². The molecule has 0 aliphatic rings. The number of anilines is 2. The van der Waals surface area contributed by atoms with Crippen LogP contribution in [-0.2, 0) is 10.0 Å². The van der Waals surface area contributed by atoms with Gasteiger partial charge in [-0.2, -0.15) is 5.26 Å². The maximum Gasteiger partial charge on any atom is 0.249 e. The van der Waals surface area contributed by atoms with Gasteiger partial charge in [0.25, 0.3) is 0 Å². The van der Waals surface area contributed by atoms with Crippen molar-refractivity contribution in [3.8, 4) is 11.8 Å². The van der Waals surface area contributed by atoms with Gasteiger partial charge in [0.1, 0.15) is 5.75 Å². The van der Waals surface area contributed by atoms with Crippen LogP contribution < -0.4 is 15.2 Å². The maximum absolute atomic E-state index is 11.9. The summed E-state index contributed by atoms with van der Waals surface area (Å²) in [5, 5.41) is 7.68. The summed E-state index contributed by atoms with van der Waals surface area (Å²) in [7, 11) is -2.30. The van der Waals surface area contributed by atoms with Crippen molar-refractivity contribution in [2.24, 2.45) is 0 Å². The number of nitriles is 1. The molecule has 18 heavy (non-hydrogen) atoms. The highest BCUT2D eigenvalue weighted by atomic mass is 32.2. The number of sulfonamides is 1. The second-order valence-corrected chi connectivity index (χ2v) is 5.49. The Bertz CT molecular complexity index is 563. The number of methoxy groups -OCH3 is 1. The van der Waals surface area contributed by atoms with Gasteiger partial charge in [-0.25, -0.2) is 8.42 Å². The zero-order valence-electron chi connectivity index (χ0n) is 10.2. The van der Waals surface area contributed by atoms with Gasteiger partial charge in [-0.1, -0.05) is 6.92 Å². The minimum absolute atomic E-state index is 0.204. The highest BCUT2D eigenvalue weighted by molar-refractivity contribution is 7.93. The standard InChI is InChI=1S/C11H15N3O3S/c1-3-9(7-12)18(15,16)14-11-6-8(17-2)4-5-10(11)13/h4-6,9,14H,3,13H2,1-2H3. The van der Waals surface area contributed by atoms with Gasteiger partial charge in [0.2, 0.25) is 10.0 Å². The fraction of sp³-hybridized carbons (Fsp3) is 0.364. The Kier molecular flexibility index (Phi) is 4.39. The molecular formula is C11H15N3O3S. The number of nitrogen functional groups attached to an aromatic ring is 1. The summed E-state index contributed by atoms with van der Waals surface area (Å²) in [5.74, 6) is 0.479. The van der Waals surface area contributed by atoms with E-state index in [1.165, 1.54) is 19.2 Å². The SMILES string of the molecule is CCC(C#N)S(=O)(=O)Nc1cc(OC)ccc1N. The monoisotopic (exact) mass is 269 g/mol.